The quantitative estimate of drug-likeness (QED) is 0.0279. The van der Waals surface area contributed by atoms with Gasteiger partial charge in [0.15, 0.2) is 23.3 Å². The van der Waals surface area contributed by atoms with E-state index in [2.05, 4.69) is 114 Å². The minimum absolute atomic E-state index is 0.701. The van der Waals surface area contributed by atoms with Crippen LogP contribution in [0.5, 0.6) is 0 Å². The summed E-state index contributed by atoms with van der Waals surface area (Å²) in [5.74, 6) is 11.1. The zero-order valence-corrected chi connectivity index (χ0v) is 66.4. The molecule has 2 aliphatic heterocycles. The van der Waals surface area contributed by atoms with Crippen LogP contribution in [0.3, 0.4) is 0 Å². The zero-order valence-electron chi connectivity index (χ0n) is 59.9. The Bertz CT molecular complexity index is 3460. The molecule has 0 amide bonds. The van der Waals surface area contributed by atoms with Crippen LogP contribution < -0.4 is 0 Å². The lowest BCUT2D eigenvalue weighted by atomic mass is 10.1. The van der Waals surface area contributed by atoms with Crippen molar-refractivity contribution in [2.24, 2.45) is 0 Å². The lowest BCUT2D eigenvalue weighted by molar-refractivity contribution is 0.706. The molecule has 5 heterocycles. The van der Waals surface area contributed by atoms with E-state index in [1.807, 2.05) is 94.1 Å². The van der Waals surface area contributed by atoms with Crippen molar-refractivity contribution in [1.82, 2.24) is 39.9 Å². The Morgan fingerprint density at radius 2 is 0.385 bits per heavy atom. The molecule has 0 spiro atoms. The summed E-state index contributed by atoms with van der Waals surface area (Å²) < 4.78 is 0. The third-order valence-electron chi connectivity index (χ3n) is 18.2. The maximum atomic E-state index is 6.06. The summed E-state index contributed by atoms with van der Waals surface area (Å²) in [5, 5.41) is 4.59. The van der Waals surface area contributed by atoms with Crippen molar-refractivity contribution in [2.45, 2.75) is 300 Å². The fourth-order valence-electron chi connectivity index (χ4n) is 12.7. The first-order chi connectivity index (χ1) is 47.4. The number of aromatic nitrogens is 8. The average molecular weight is 1440 g/mol. The highest BCUT2D eigenvalue weighted by molar-refractivity contribution is 8.01. The molecule has 7 aromatic rings. The lowest BCUT2D eigenvalue weighted by Gasteiger charge is -2.13. The van der Waals surface area contributed by atoms with E-state index in [1.165, 1.54) is 219 Å². The normalized spacial score (nSPS) is 12.1. The van der Waals surface area contributed by atoms with E-state index in [0.29, 0.717) is 11.6 Å². The third-order valence-corrected chi connectivity index (χ3v) is 27.3. The van der Waals surface area contributed by atoms with Gasteiger partial charge in [0.2, 0.25) is 0 Å². The monoisotopic (exact) mass is 1440 g/mol. The van der Waals surface area contributed by atoms with Gasteiger partial charge in [0.25, 0.3) is 0 Å². The Kier molecular flexibility index (Phi) is 34.7. The summed E-state index contributed by atoms with van der Waals surface area (Å²) in [6, 6.07) is 19.2. The molecule has 2 aliphatic rings. The van der Waals surface area contributed by atoms with Crippen molar-refractivity contribution in [3.05, 3.63) is 48.5 Å². The standard InChI is InChI=1S/C80H114N8S8/c1-9-17-25-33-49-89-57-41-42-58(90-50-34-26-18-10-2)66-65(57)73-81-74(66)86-76-69-61(93-53-37-29-21-13-5)45-46-62(94-54-38-30-22-14-6)70(69)78(83-76)88-80-72-64(96-56-40-32-24-16-8)48-47-63(95-55-39-31-23-15-7)71(72)79(84-80)87-77-68-60(92-52-36-28-20-12-4)44-43-59(67(68)75(82-77)85-73)91-51-35-27-19-11-3/h41-48H,9-40,49-56H2,1-8H3,(H2,81,82,83,84,85,86,87,88). The van der Waals surface area contributed by atoms with E-state index in [-0.39, 0.29) is 0 Å². The van der Waals surface area contributed by atoms with Crippen LogP contribution in [0.2, 0.25) is 0 Å². The molecule has 0 radical (unpaired) electrons. The number of nitrogens with one attached hydrogen (secondary N) is 2. The van der Waals surface area contributed by atoms with Gasteiger partial charge in [-0.3, -0.25) is 0 Å². The number of nitrogens with zero attached hydrogens (tertiary/aromatic N) is 6. The molecule has 2 N–H and O–H groups in total. The van der Waals surface area contributed by atoms with Gasteiger partial charge in [-0.2, -0.15) is 0 Å². The second-order valence-corrected chi connectivity index (χ2v) is 35.2. The van der Waals surface area contributed by atoms with Gasteiger partial charge in [-0.05, 0) is 146 Å². The Morgan fingerprint density at radius 1 is 0.208 bits per heavy atom. The van der Waals surface area contributed by atoms with Crippen LogP contribution in [0, 0.1) is 0 Å². The van der Waals surface area contributed by atoms with E-state index in [1.54, 1.807) is 0 Å². The molecule has 8 nitrogen and oxygen atoms in total. The number of hydrogen-bond donors (Lipinski definition) is 2. The first-order valence-electron chi connectivity index (χ1n) is 37.9. The Morgan fingerprint density at radius 3 is 0.594 bits per heavy atom. The predicted molar refractivity (Wildman–Crippen MR) is 435 cm³/mol. The number of fused-ring (bicyclic) bond motifs is 20. The number of hydrogen-bond acceptors (Lipinski definition) is 14. The van der Waals surface area contributed by atoms with Crippen LogP contribution in [0.4, 0.5) is 0 Å². The summed E-state index contributed by atoms with van der Waals surface area (Å²) in [4.78, 5) is 53.8. The molecular formula is C80H114N8S8. The summed E-state index contributed by atoms with van der Waals surface area (Å²) in [5.41, 5.74) is 7.70. The van der Waals surface area contributed by atoms with E-state index in [9.17, 15) is 0 Å². The fraction of sp³-hybridized carbons (Fsp3) is 0.600. The van der Waals surface area contributed by atoms with Crippen molar-refractivity contribution in [3.8, 4) is 45.6 Å². The molecule has 0 atom stereocenters. The molecule has 9 rings (SSSR count). The number of benzene rings is 4. The van der Waals surface area contributed by atoms with Gasteiger partial charge in [0.05, 0.1) is 0 Å². The summed E-state index contributed by atoms with van der Waals surface area (Å²) >= 11 is 15.8. The van der Waals surface area contributed by atoms with Crippen LogP contribution in [-0.2, 0) is 0 Å². The zero-order chi connectivity index (χ0) is 67.1. The van der Waals surface area contributed by atoms with Crippen molar-refractivity contribution in [2.75, 3.05) is 46.0 Å². The Hall–Kier alpha value is -2.96. The Balaban J connectivity index is 1.45. The van der Waals surface area contributed by atoms with Gasteiger partial charge < -0.3 is 9.97 Å². The van der Waals surface area contributed by atoms with Gasteiger partial charge >= 0.3 is 0 Å². The SMILES string of the molecule is CCCCCCSc1ccc(SCCCCCC)c2c1-c1nc3nc(nc4[nH]c(nc5[nH]c(nc-2n1)c1c(SCCCCCC)ccc(SCCCCCC)c51)c1c(SCCCCCC)ccc(SCCCCCC)c41)-c1c(SCCCCCC)ccc(SCCCCCC)c1-3. The van der Waals surface area contributed by atoms with Gasteiger partial charge in [-0.15, -0.1) is 94.1 Å². The van der Waals surface area contributed by atoms with Crippen LogP contribution >= 0.6 is 94.1 Å². The van der Waals surface area contributed by atoms with E-state index >= 15 is 0 Å². The molecule has 0 unspecified atom stereocenters. The molecule has 8 bridgehead atoms. The number of unbranched alkanes of at least 4 members (excludes halogenated alkanes) is 24. The van der Waals surface area contributed by atoms with Crippen LogP contribution in [0.25, 0.3) is 89.7 Å². The fourth-order valence-corrected chi connectivity index (χ4v) is 21.3. The largest absolute Gasteiger partial charge is 0.324 e. The molecule has 96 heavy (non-hydrogen) atoms. The number of H-pyrrole nitrogens is 2. The van der Waals surface area contributed by atoms with Gasteiger partial charge in [-0.1, -0.05) is 209 Å². The second-order valence-electron chi connectivity index (χ2n) is 26.1. The molecule has 4 aromatic carbocycles. The van der Waals surface area contributed by atoms with Gasteiger partial charge in [0, 0.05) is 83.0 Å². The average Bonchev–Trinajstić information content (AvgIpc) is 1.62. The number of thioether (sulfide) groups is 8. The maximum Gasteiger partial charge on any atom is 0.166 e. The van der Waals surface area contributed by atoms with E-state index in [0.717, 1.165) is 150 Å². The predicted octanol–water partition coefficient (Wildman–Crippen LogP) is 28.2. The van der Waals surface area contributed by atoms with Crippen molar-refractivity contribution >= 4 is 138 Å². The molecule has 0 saturated heterocycles. The molecule has 0 fully saturated rings. The Labute approximate surface area is 613 Å². The highest BCUT2D eigenvalue weighted by Gasteiger charge is 2.32. The first-order valence-corrected chi connectivity index (χ1v) is 45.8. The minimum atomic E-state index is 0.701. The van der Waals surface area contributed by atoms with Gasteiger partial charge in [-0.25, -0.2) is 29.9 Å². The highest BCUT2D eigenvalue weighted by atomic mass is 32.2. The summed E-state index contributed by atoms with van der Waals surface area (Å²) in [6.45, 7) is 18.5. The molecule has 0 aliphatic carbocycles. The topological polar surface area (TPSA) is 109 Å². The first kappa shape index (κ1) is 77.2. The van der Waals surface area contributed by atoms with Crippen molar-refractivity contribution < 1.29 is 0 Å². The number of rotatable bonds is 48. The van der Waals surface area contributed by atoms with Crippen molar-refractivity contribution in [1.29, 1.82) is 0 Å². The third kappa shape index (κ3) is 21.6. The lowest BCUT2D eigenvalue weighted by Crippen LogP contribution is -1.93. The highest BCUT2D eigenvalue weighted by Crippen LogP contribution is 2.51. The van der Waals surface area contributed by atoms with Crippen molar-refractivity contribution in [3.63, 3.8) is 0 Å². The molecular weight excluding hydrogens is 1330 g/mol. The molecule has 522 valence electrons. The molecule has 3 aromatic heterocycles. The number of aromatic amines is 2. The van der Waals surface area contributed by atoms with Crippen LogP contribution in [0.1, 0.15) is 261 Å². The van der Waals surface area contributed by atoms with E-state index in [4.69, 9.17) is 29.9 Å². The molecule has 0 saturated carbocycles. The summed E-state index contributed by atoms with van der Waals surface area (Å²) in [6.07, 6.45) is 38.9. The van der Waals surface area contributed by atoms with Crippen LogP contribution in [-0.4, -0.2) is 85.9 Å². The maximum absolute atomic E-state index is 6.06. The minimum Gasteiger partial charge on any atom is -0.324 e. The van der Waals surface area contributed by atoms with Gasteiger partial charge in [0.1, 0.15) is 22.6 Å². The smallest absolute Gasteiger partial charge is 0.166 e. The summed E-state index contributed by atoms with van der Waals surface area (Å²) in [7, 11) is 0. The van der Waals surface area contributed by atoms with Crippen LogP contribution in [0.15, 0.2) is 87.7 Å². The molecule has 16 heteroatoms. The second kappa shape index (κ2) is 43.1. The van der Waals surface area contributed by atoms with E-state index < -0.39 is 0 Å².